The molecule has 0 aliphatic carbocycles. The van der Waals surface area contributed by atoms with Gasteiger partial charge in [-0.1, -0.05) is 27.7 Å². The van der Waals surface area contributed by atoms with E-state index in [4.69, 9.17) is 9.72 Å². The predicted octanol–water partition coefficient (Wildman–Crippen LogP) is 4.05. The van der Waals surface area contributed by atoms with E-state index in [1.54, 1.807) is 0 Å². The van der Waals surface area contributed by atoms with Crippen LogP contribution in [0.4, 0.5) is 0 Å². The van der Waals surface area contributed by atoms with E-state index >= 15 is 0 Å². The smallest absolute Gasteiger partial charge is 0.113 e. The van der Waals surface area contributed by atoms with Crippen molar-refractivity contribution in [2.75, 3.05) is 13.2 Å². The molecule has 0 bridgehead atoms. The number of thiazole rings is 1. The first-order valence-electron chi connectivity index (χ1n) is 7.93. The lowest BCUT2D eigenvalue weighted by atomic mass is 9.86. The van der Waals surface area contributed by atoms with Gasteiger partial charge in [0.25, 0.3) is 0 Å². The van der Waals surface area contributed by atoms with E-state index in [1.165, 1.54) is 10.7 Å². The topological polar surface area (TPSA) is 34.2 Å². The quantitative estimate of drug-likeness (QED) is 0.860. The second-order valence-corrected chi connectivity index (χ2v) is 6.95. The van der Waals surface area contributed by atoms with Crippen LogP contribution in [0.3, 0.4) is 0 Å². The molecule has 1 aliphatic rings. The summed E-state index contributed by atoms with van der Waals surface area (Å²) < 4.78 is 5.87. The Kier molecular flexibility index (Phi) is 5.58. The molecule has 114 valence electrons. The molecule has 1 aliphatic heterocycles. The Morgan fingerprint density at radius 3 is 2.90 bits per heavy atom. The van der Waals surface area contributed by atoms with E-state index in [2.05, 4.69) is 38.4 Å². The molecule has 0 aromatic carbocycles. The van der Waals surface area contributed by atoms with Crippen LogP contribution in [0.15, 0.2) is 5.38 Å². The highest BCUT2D eigenvalue weighted by Gasteiger charge is 2.40. The zero-order valence-corrected chi connectivity index (χ0v) is 14.1. The molecule has 1 aromatic heterocycles. The number of nitrogens with one attached hydrogen (secondary N) is 1. The van der Waals surface area contributed by atoms with Crippen molar-refractivity contribution in [3.05, 3.63) is 16.1 Å². The van der Waals surface area contributed by atoms with Crippen LogP contribution >= 0.6 is 11.3 Å². The SMILES string of the molecule is CCCNC1(c2nc(C(C)C)cs2)CCOC(CC)C1. The van der Waals surface area contributed by atoms with Gasteiger partial charge in [-0.25, -0.2) is 4.98 Å². The molecule has 1 saturated heterocycles. The largest absolute Gasteiger partial charge is 0.378 e. The summed E-state index contributed by atoms with van der Waals surface area (Å²) in [6.07, 6.45) is 4.68. The molecule has 1 fully saturated rings. The van der Waals surface area contributed by atoms with Crippen LogP contribution in [0.1, 0.15) is 70.0 Å². The van der Waals surface area contributed by atoms with Crippen LogP contribution in [0.5, 0.6) is 0 Å². The summed E-state index contributed by atoms with van der Waals surface area (Å²) in [7, 11) is 0. The van der Waals surface area contributed by atoms with E-state index in [9.17, 15) is 0 Å². The highest BCUT2D eigenvalue weighted by atomic mass is 32.1. The van der Waals surface area contributed by atoms with Crippen LogP contribution in [0.2, 0.25) is 0 Å². The van der Waals surface area contributed by atoms with Gasteiger partial charge in [-0.15, -0.1) is 11.3 Å². The second kappa shape index (κ2) is 7.01. The second-order valence-electron chi connectivity index (χ2n) is 6.10. The highest BCUT2D eigenvalue weighted by molar-refractivity contribution is 7.09. The lowest BCUT2D eigenvalue weighted by Gasteiger charge is -2.40. The Morgan fingerprint density at radius 1 is 1.50 bits per heavy atom. The van der Waals surface area contributed by atoms with Crippen LogP contribution < -0.4 is 5.32 Å². The molecular formula is C16H28N2OS. The Labute approximate surface area is 127 Å². The van der Waals surface area contributed by atoms with Gasteiger partial charge in [-0.05, 0) is 38.1 Å². The van der Waals surface area contributed by atoms with Crippen LogP contribution in [0.25, 0.3) is 0 Å². The molecule has 0 radical (unpaired) electrons. The first kappa shape index (κ1) is 15.9. The fourth-order valence-corrected chi connectivity index (χ4v) is 3.98. The number of rotatable bonds is 6. The zero-order chi connectivity index (χ0) is 14.6. The van der Waals surface area contributed by atoms with Crippen molar-refractivity contribution >= 4 is 11.3 Å². The van der Waals surface area contributed by atoms with Crippen molar-refractivity contribution < 1.29 is 4.74 Å². The summed E-state index contributed by atoms with van der Waals surface area (Å²) in [6.45, 7) is 10.7. The maximum atomic E-state index is 5.87. The number of hydrogen-bond acceptors (Lipinski definition) is 4. The summed E-state index contributed by atoms with van der Waals surface area (Å²) in [4.78, 5) is 4.93. The Hall–Kier alpha value is -0.450. The number of aromatic nitrogens is 1. The van der Waals surface area contributed by atoms with Crippen molar-refractivity contribution in [2.45, 2.75) is 70.9 Å². The van der Waals surface area contributed by atoms with Crippen molar-refractivity contribution in [3.8, 4) is 0 Å². The predicted molar refractivity (Wildman–Crippen MR) is 85.4 cm³/mol. The van der Waals surface area contributed by atoms with Crippen LogP contribution in [-0.4, -0.2) is 24.2 Å². The Balaban J connectivity index is 2.25. The van der Waals surface area contributed by atoms with Gasteiger partial charge in [0, 0.05) is 12.0 Å². The molecule has 0 spiro atoms. The summed E-state index contributed by atoms with van der Waals surface area (Å²) in [5, 5.41) is 7.27. The summed E-state index contributed by atoms with van der Waals surface area (Å²) in [5.41, 5.74) is 1.26. The van der Waals surface area contributed by atoms with Crippen molar-refractivity contribution in [3.63, 3.8) is 0 Å². The molecular weight excluding hydrogens is 268 g/mol. The zero-order valence-electron chi connectivity index (χ0n) is 13.2. The first-order valence-corrected chi connectivity index (χ1v) is 8.81. The van der Waals surface area contributed by atoms with Gasteiger partial charge < -0.3 is 10.1 Å². The summed E-state index contributed by atoms with van der Waals surface area (Å²) >= 11 is 1.82. The fraction of sp³-hybridized carbons (Fsp3) is 0.812. The normalized spacial score (nSPS) is 27.1. The maximum Gasteiger partial charge on any atom is 0.113 e. The number of hydrogen-bond donors (Lipinski definition) is 1. The minimum atomic E-state index is 0.0345. The first-order chi connectivity index (χ1) is 9.61. The number of ether oxygens (including phenoxy) is 1. The third-order valence-electron chi connectivity index (χ3n) is 4.15. The molecule has 2 rings (SSSR count). The molecule has 20 heavy (non-hydrogen) atoms. The van der Waals surface area contributed by atoms with Gasteiger partial charge in [0.05, 0.1) is 17.3 Å². The molecule has 1 aromatic rings. The van der Waals surface area contributed by atoms with E-state index in [1.807, 2.05) is 11.3 Å². The van der Waals surface area contributed by atoms with Gasteiger partial charge in [0.15, 0.2) is 0 Å². The van der Waals surface area contributed by atoms with E-state index in [-0.39, 0.29) is 5.54 Å². The molecule has 0 saturated carbocycles. The molecule has 1 N–H and O–H groups in total. The Morgan fingerprint density at radius 2 is 2.30 bits per heavy atom. The van der Waals surface area contributed by atoms with Gasteiger partial charge in [-0.3, -0.25) is 0 Å². The van der Waals surface area contributed by atoms with Crippen molar-refractivity contribution in [1.29, 1.82) is 0 Å². The fourth-order valence-electron chi connectivity index (χ4n) is 2.78. The van der Waals surface area contributed by atoms with Crippen molar-refractivity contribution in [1.82, 2.24) is 10.3 Å². The Bertz CT molecular complexity index is 418. The van der Waals surface area contributed by atoms with E-state index < -0.39 is 0 Å². The third kappa shape index (κ3) is 3.41. The standard InChI is InChI=1S/C16H28N2OS/c1-5-8-17-16(7-9-19-13(6-2)10-16)15-18-14(11-20-15)12(3)4/h11-13,17H,5-10H2,1-4H3. The minimum Gasteiger partial charge on any atom is -0.378 e. The van der Waals surface area contributed by atoms with Gasteiger partial charge >= 0.3 is 0 Å². The van der Waals surface area contributed by atoms with Gasteiger partial charge in [-0.2, -0.15) is 0 Å². The molecule has 2 unspecified atom stereocenters. The number of nitrogens with zero attached hydrogens (tertiary/aromatic N) is 1. The highest BCUT2D eigenvalue weighted by Crippen LogP contribution is 2.38. The summed E-state index contributed by atoms with van der Waals surface area (Å²) in [5.74, 6) is 0.505. The summed E-state index contributed by atoms with van der Waals surface area (Å²) in [6, 6.07) is 0. The van der Waals surface area contributed by atoms with Gasteiger partial charge in [0.1, 0.15) is 5.01 Å². The minimum absolute atomic E-state index is 0.0345. The lowest BCUT2D eigenvalue weighted by molar-refractivity contribution is -0.0323. The molecule has 4 heteroatoms. The van der Waals surface area contributed by atoms with E-state index in [0.29, 0.717) is 12.0 Å². The molecule has 0 amide bonds. The van der Waals surface area contributed by atoms with Gasteiger partial charge in [0.2, 0.25) is 0 Å². The molecule has 3 nitrogen and oxygen atoms in total. The third-order valence-corrected chi connectivity index (χ3v) is 5.21. The average molecular weight is 296 g/mol. The monoisotopic (exact) mass is 296 g/mol. The van der Waals surface area contributed by atoms with Crippen LogP contribution in [0, 0.1) is 0 Å². The van der Waals surface area contributed by atoms with Crippen LogP contribution in [-0.2, 0) is 10.3 Å². The van der Waals surface area contributed by atoms with Crippen molar-refractivity contribution in [2.24, 2.45) is 0 Å². The molecule has 2 heterocycles. The molecule has 2 atom stereocenters. The maximum absolute atomic E-state index is 5.87. The van der Waals surface area contributed by atoms with E-state index in [0.717, 1.165) is 38.8 Å². The average Bonchev–Trinajstić information content (AvgIpc) is 2.96. The lowest BCUT2D eigenvalue weighted by Crippen LogP contribution is -2.49.